The van der Waals surface area contributed by atoms with Gasteiger partial charge in [-0.15, -0.1) is 0 Å². The summed E-state index contributed by atoms with van der Waals surface area (Å²) in [5.74, 6) is 1.66. The highest BCUT2D eigenvalue weighted by atomic mass is 32.2. The SMILES string of the molecule is Cn1ccnc1SCc1ccc(C(=O)NCC(O)C2CCCC2)o1. The molecule has 1 fully saturated rings. The molecule has 1 aliphatic rings. The zero-order chi connectivity index (χ0) is 16.9. The first kappa shape index (κ1) is 17.1. The second-order valence-corrected chi connectivity index (χ2v) is 7.14. The van der Waals surface area contributed by atoms with Crippen molar-refractivity contribution in [3.05, 3.63) is 36.0 Å². The van der Waals surface area contributed by atoms with Crippen LogP contribution < -0.4 is 5.32 Å². The molecule has 0 aromatic carbocycles. The smallest absolute Gasteiger partial charge is 0.287 e. The Morgan fingerprint density at radius 3 is 3.00 bits per heavy atom. The Bertz CT molecular complexity index is 676. The van der Waals surface area contributed by atoms with Crippen molar-refractivity contribution >= 4 is 17.7 Å². The molecule has 0 bridgehead atoms. The maximum Gasteiger partial charge on any atom is 0.287 e. The molecule has 0 spiro atoms. The standard InChI is InChI=1S/C17H23N3O3S/c1-20-9-8-18-17(20)24-11-13-6-7-15(23-13)16(22)19-10-14(21)12-4-2-3-5-12/h6-9,12,14,21H,2-5,10-11H2,1H3,(H,19,22). The van der Waals surface area contributed by atoms with E-state index in [2.05, 4.69) is 10.3 Å². The molecule has 6 nitrogen and oxygen atoms in total. The molecule has 1 saturated carbocycles. The Labute approximate surface area is 145 Å². The number of carbonyl (C=O) groups excluding carboxylic acids is 1. The summed E-state index contributed by atoms with van der Waals surface area (Å²) in [6, 6.07) is 3.48. The van der Waals surface area contributed by atoms with Gasteiger partial charge in [0, 0.05) is 26.0 Å². The zero-order valence-corrected chi connectivity index (χ0v) is 14.6. The lowest BCUT2D eigenvalue weighted by Gasteiger charge is -2.17. The lowest BCUT2D eigenvalue weighted by molar-refractivity contribution is 0.0817. The minimum atomic E-state index is -0.468. The molecule has 1 aliphatic carbocycles. The number of nitrogens with zero attached hydrogens (tertiary/aromatic N) is 2. The molecule has 7 heteroatoms. The molecule has 130 valence electrons. The van der Waals surface area contributed by atoms with E-state index in [1.165, 1.54) is 12.8 Å². The maximum absolute atomic E-state index is 12.1. The van der Waals surface area contributed by atoms with Crippen molar-refractivity contribution in [1.29, 1.82) is 0 Å². The highest BCUT2D eigenvalue weighted by Crippen LogP contribution is 2.27. The lowest BCUT2D eigenvalue weighted by atomic mass is 10.0. The molecule has 1 unspecified atom stereocenters. The predicted octanol–water partition coefficient (Wildman–Crippen LogP) is 2.59. The van der Waals surface area contributed by atoms with Crippen LogP contribution in [0.5, 0.6) is 0 Å². The molecule has 2 heterocycles. The van der Waals surface area contributed by atoms with E-state index >= 15 is 0 Å². The van der Waals surface area contributed by atoms with E-state index in [4.69, 9.17) is 4.42 Å². The van der Waals surface area contributed by atoms with Crippen LogP contribution in [0.1, 0.15) is 42.0 Å². The fourth-order valence-electron chi connectivity index (χ4n) is 3.00. The average molecular weight is 349 g/mol. The summed E-state index contributed by atoms with van der Waals surface area (Å²) >= 11 is 1.55. The average Bonchev–Trinajstić information content (AvgIpc) is 3.31. The fraction of sp³-hybridized carbons (Fsp3) is 0.529. The van der Waals surface area contributed by atoms with Crippen molar-refractivity contribution in [2.45, 2.75) is 42.7 Å². The van der Waals surface area contributed by atoms with Gasteiger partial charge in [0.05, 0.1) is 11.9 Å². The second kappa shape index (κ2) is 7.90. The Morgan fingerprint density at radius 2 is 2.29 bits per heavy atom. The first-order chi connectivity index (χ1) is 11.6. The Balaban J connectivity index is 1.47. The minimum absolute atomic E-state index is 0.278. The van der Waals surface area contributed by atoms with Crippen LogP contribution in [-0.4, -0.2) is 33.2 Å². The predicted molar refractivity (Wildman–Crippen MR) is 91.8 cm³/mol. The fourth-order valence-corrected chi connectivity index (χ4v) is 3.82. The van der Waals surface area contributed by atoms with Crippen molar-refractivity contribution in [3.63, 3.8) is 0 Å². The number of carbonyl (C=O) groups is 1. The summed E-state index contributed by atoms with van der Waals surface area (Å²) in [5.41, 5.74) is 0. The third kappa shape index (κ3) is 4.21. The third-order valence-electron chi connectivity index (χ3n) is 4.42. The molecule has 0 saturated heterocycles. The number of hydrogen-bond donors (Lipinski definition) is 2. The van der Waals surface area contributed by atoms with Gasteiger partial charge in [-0.3, -0.25) is 4.79 Å². The number of nitrogens with one attached hydrogen (secondary N) is 1. The Kier molecular flexibility index (Phi) is 5.63. The van der Waals surface area contributed by atoms with Gasteiger partial charge >= 0.3 is 0 Å². The second-order valence-electron chi connectivity index (χ2n) is 6.20. The number of hydrogen-bond acceptors (Lipinski definition) is 5. The van der Waals surface area contributed by atoms with Crippen molar-refractivity contribution in [1.82, 2.24) is 14.9 Å². The first-order valence-electron chi connectivity index (χ1n) is 8.28. The quantitative estimate of drug-likeness (QED) is 0.751. The van der Waals surface area contributed by atoms with Crippen molar-refractivity contribution in [2.24, 2.45) is 13.0 Å². The molecule has 2 aromatic heterocycles. The van der Waals surface area contributed by atoms with Gasteiger partial charge < -0.3 is 19.4 Å². The maximum atomic E-state index is 12.1. The molecule has 0 aliphatic heterocycles. The molecule has 3 rings (SSSR count). The molecular weight excluding hydrogens is 326 g/mol. The van der Waals surface area contributed by atoms with Crippen LogP contribution in [0.25, 0.3) is 0 Å². The van der Waals surface area contributed by atoms with Crippen LogP contribution in [0.15, 0.2) is 34.1 Å². The van der Waals surface area contributed by atoms with E-state index in [9.17, 15) is 9.90 Å². The number of aromatic nitrogens is 2. The topological polar surface area (TPSA) is 80.3 Å². The Morgan fingerprint density at radius 1 is 1.50 bits per heavy atom. The van der Waals surface area contributed by atoms with Crippen LogP contribution in [-0.2, 0) is 12.8 Å². The number of aliphatic hydroxyl groups is 1. The van der Waals surface area contributed by atoms with Gasteiger partial charge in [-0.2, -0.15) is 0 Å². The number of amides is 1. The highest BCUT2D eigenvalue weighted by molar-refractivity contribution is 7.98. The van der Waals surface area contributed by atoms with Crippen molar-refractivity contribution < 1.29 is 14.3 Å². The molecule has 1 atom stereocenters. The van der Waals surface area contributed by atoms with Gasteiger partial charge in [-0.05, 0) is 30.9 Å². The molecule has 1 amide bonds. The van der Waals surface area contributed by atoms with Crippen LogP contribution >= 0.6 is 11.8 Å². The monoisotopic (exact) mass is 349 g/mol. The van der Waals surface area contributed by atoms with E-state index in [0.29, 0.717) is 11.7 Å². The van der Waals surface area contributed by atoms with E-state index in [1.54, 1.807) is 30.1 Å². The number of furan rings is 1. The molecule has 0 radical (unpaired) electrons. The minimum Gasteiger partial charge on any atom is -0.455 e. The van der Waals surface area contributed by atoms with Gasteiger partial charge in [-0.1, -0.05) is 24.6 Å². The lowest BCUT2D eigenvalue weighted by Crippen LogP contribution is -2.35. The Hall–Kier alpha value is -1.73. The normalized spacial score (nSPS) is 16.4. The van der Waals surface area contributed by atoms with Crippen LogP contribution in [0.3, 0.4) is 0 Å². The molecule has 2 N–H and O–H groups in total. The van der Waals surface area contributed by atoms with Gasteiger partial charge in [-0.25, -0.2) is 4.98 Å². The van der Waals surface area contributed by atoms with Crippen molar-refractivity contribution in [3.8, 4) is 0 Å². The highest BCUT2D eigenvalue weighted by Gasteiger charge is 2.24. The largest absolute Gasteiger partial charge is 0.455 e. The first-order valence-corrected chi connectivity index (χ1v) is 9.27. The number of imidazole rings is 1. The molecular formula is C17H23N3O3S. The van der Waals surface area contributed by atoms with Crippen LogP contribution in [0.2, 0.25) is 0 Å². The van der Waals surface area contributed by atoms with E-state index in [-0.39, 0.29) is 18.2 Å². The zero-order valence-electron chi connectivity index (χ0n) is 13.8. The van der Waals surface area contributed by atoms with E-state index in [1.807, 2.05) is 17.8 Å². The summed E-state index contributed by atoms with van der Waals surface area (Å²) in [4.78, 5) is 16.4. The summed E-state index contributed by atoms with van der Waals surface area (Å²) in [6.07, 6.45) is 7.61. The van der Waals surface area contributed by atoms with Gasteiger partial charge in [0.2, 0.25) is 0 Å². The van der Waals surface area contributed by atoms with E-state index in [0.717, 1.165) is 23.8 Å². The number of rotatable bonds is 7. The molecule has 24 heavy (non-hydrogen) atoms. The summed E-state index contributed by atoms with van der Waals surface area (Å²) in [7, 11) is 1.94. The van der Waals surface area contributed by atoms with E-state index < -0.39 is 6.10 Å². The van der Waals surface area contributed by atoms with Gasteiger partial charge in [0.15, 0.2) is 10.9 Å². The summed E-state index contributed by atoms with van der Waals surface area (Å²) < 4.78 is 7.53. The number of aliphatic hydroxyl groups excluding tert-OH is 1. The van der Waals surface area contributed by atoms with Crippen LogP contribution in [0, 0.1) is 5.92 Å². The number of aryl methyl sites for hydroxylation is 1. The summed E-state index contributed by atoms with van der Waals surface area (Å²) in [5, 5.41) is 13.8. The molecule has 2 aromatic rings. The van der Waals surface area contributed by atoms with Gasteiger partial charge in [0.1, 0.15) is 5.76 Å². The number of thioether (sulfide) groups is 1. The third-order valence-corrected chi connectivity index (χ3v) is 5.50. The van der Waals surface area contributed by atoms with Crippen LogP contribution in [0.4, 0.5) is 0 Å². The summed E-state index contributed by atoms with van der Waals surface area (Å²) in [6.45, 7) is 0.279. The van der Waals surface area contributed by atoms with Crippen molar-refractivity contribution in [2.75, 3.05) is 6.54 Å². The van der Waals surface area contributed by atoms with Gasteiger partial charge in [0.25, 0.3) is 5.91 Å².